The number of halogens is 3. The van der Waals surface area contributed by atoms with Crippen molar-refractivity contribution in [2.45, 2.75) is 45.1 Å². The molecule has 0 aromatic carbocycles. The number of nitrogens with zero attached hydrogens (tertiary/aromatic N) is 1. The number of carbonyl (C=O) groups excluding carboxylic acids is 1. The van der Waals surface area contributed by atoms with Crippen LogP contribution in [0.4, 0.5) is 0 Å². The largest absolute Gasteiger partial charge is 0.351 e. The summed E-state index contributed by atoms with van der Waals surface area (Å²) in [5.74, 6) is 2.63. The smallest absolute Gasteiger partial charge is 0.252 e. The Morgan fingerprint density at radius 2 is 1.76 bits per heavy atom. The molecule has 0 atom stereocenters. The van der Waals surface area contributed by atoms with Crippen LogP contribution in [0.15, 0.2) is 12.3 Å². The zero-order chi connectivity index (χ0) is 18.9. The van der Waals surface area contributed by atoms with Crippen molar-refractivity contribution in [1.29, 1.82) is 0 Å². The SMILES string of the molecule is CNCCNCc1cc(C(=O)NCC23CC4CC(CC(C4)C2)C3)c(Cl)cn1.Cl.Cl. The average Bonchev–Trinajstić information content (AvgIpc) is 2.63. The molecule has 3 N–H and O–H groups in total. The molecule has 4 aliphatic rings. The first-order chi connectivity index (χ1) is 13.1. The molecule has 1 amide bonds. The second-order valence-electron chi connectivity index (χ2n) is 9.04. The lowest BCUT2D eigenvalue weighted by Crippen LogP contribution is -2.51. The monoisotopic (exact) mass is 462 g/mol. The van der Waals surface area contributed by atoms with Crippen LogP contribution in [-0.4, -0.2) is 37.6 Å². The van der Waals surface area contributed by atoms with Crippen molar-refractivity contribution in [2.24, 2.45) is 23.2 Å². The van der Waals surface area contributed by atoms with E-state index in [4.69, 9.17) is 11.6 Å². The molecule has 0 radical (unpaired) electrons. The summed E-state index contributed by atoms with van der Waals surface area (Å²) in [6.45, 7) is 3.18. The lowest BCUT2D eigenvalue weighted by atomic mass is 9.49. The number of hydrogen-bond acceptors (Lipinski definition) is 4. The van der Waals surface area contributed by atoms with Gasteiger partial charge in [-0.15, -0.1) is 24.8 Å². The topological polar surface area (TPSA) is 66.0 Å². The third kappa shape index (κ3) is 5.76. The van der Waals surface area contributed by atoms with Crippen LogP contribution in [-0.2, 0) is 6.54 Å². The minimum absolute atomic E-state index is 0. The number of aromatic nitrogens is 1. The van der Waals surface area contributed by atoms with Gasteiger partial charge < -0.3 is 16.0 Å². The summed E-state index contributed by atoms with van der Waals surface area (Å²) in [4.78, 5) is 17.2. The molecule has 0 saturated heterocycles. The molecule has 4 aliphatic carbocycles. The van der Waals surface area contributed by atoms with Gasteiger partial charge in [-0.25, -0.2) is 0 Å². The van der Waals surface area contributed by atoms with Gasteiger partial charge >= 0.3 is 0 Å². The highest BCUT2D eigenvalue weighted by atomic mass is 35.5. The van der Waals surface area contributed by atoms with Crippen molar-refractivity contribution >= 4 is 42.3 Å². The van der Waals surface area contributed by atoms with Crippen LogP contribution in [0.25, 0.3) is 0 Å². The van der Waals surface area contributed by atoms with Crippen LogP contribution in [0.2, 0.25) is 5.02 Å². The van der Waals surface area contributed by atoms with Gasteiger partial charge in [-0.05, 0) is 74.8 Å². The van der Waals surface area contributed by atoms with Crippen molar-refractivity contribution in [2.75, 3.05) is 26.7 Å². The molecule has 29 heavy (non-hydrogen) atoms. The average molecular weight is 464 g/mol. The fourth-order valence-electron chi connectivity index (χ4n) is 6.05. The molecule has 164 valence electrons. The molecule has 0 aliphatic heterocycles. The molecule has 4 saturated carbocycles. The van der Waals surface area contributed by atoms with Crippen molar-refractivity contribution in [3.05, 3.63) is 28.5 Å². The van der Waals surface area contributed by atoms with E-state index in [-0.39, 0.29) is 30.7 Å². The maximum absolute atomic E-state index is 12.8. The summed E-state index contributed by atoms with van der Waals surface area (Å²) < 4.78 is 0. The number of carbonyl (C=O) groups is 1. The highest BCUT2D eigenvalue weighted by Crippen LogP contribution is 2.59. The van der Waals surface area contributed by atoms with E-state index in [0.29, 0.717) is 22.5 Å². The molecule has 0 spiro atoms. The molecular weight excluding hydrogens is 431 g/mol. The maximum Gasteiger partial charge on any atom is 0.252 e. The highest BCUT2D eigenvalue weighted by Gasteiger charge is 2.50. The van der Waals surface area contributed by atoms with Gasteiger partial charge in [0.2, 0.25) is 0 Å². The summed E-state index contributed by atoms with van der Waals surface area (Å²) in [6, 6.07) is 1.82. The third-order valence-corrected chi connectivity index (χ3v) is 7.10. The Hall–Kier alpha value is -0.590. The van der Waals surface area contributed by atoms with Gasteiger partial charge in [-0.2, -0.15) is 0 Å². The Kier molecular flexibility index (Phi) is 9.05. The second-order valence-corrected chi connectivity index (χ2v) is 9.44. The first-order valence-corrected chi connectivity index (χ1v) is 10.7. The molecule has 8 heteroatoms. The summed E-state index contributed by atoms with van der Waals surface area (Å²) in [5, 5.41) is 10.1. The van der Waals surface area contributed by atoms with Crippen LogP contribution in [0.1, 0.15) is 54.6 Å². The molecule has 5 nitrogen and oxygen atoms in total. The van der Waals surface area contributed by atoms with E-state index in [1.165, 1.54) is 38.5 Å². The predicted octanol–water partition coefficient (Wildman–Crippen LogP) is 3.83. The quantitative estimate of drug-likeness (QED) is 0.513. The molecule has 0 unspecified atom stereocenters. The first kappa shape index (κ1) is 24.7. The van der Waals surface area contributed by atoms with Crippen LogP contribution in [0, 0.1) is 23.2 Å². The van der Waals surface area contributed by atoms with Gasteiger partial charge in [0, 0.05) is 32.4 Å². The van der Waals surface area contributed by atoms with E-state index in [1.54, 1.807) is 6.20 Å². The Balaban J connectivity index is 0.00000150. The molecular formula is C21H33Cl3N4O. The van der Waals surface area contributed by atoms with Gasteiger partial charge in [0.15, 0.2) is 0 Å². The van der Waals surface area contributed by atoms with Gasteiger partial charge in [0.1, 0.15) is 0 Å². The van der Waals surface area contributed by atoms with Crippen LogP contribution in [0.5, 0.6) is 0 Å². The van der Waals surface area contributed by atoms with Gasteiger partial charge in [0.25, 0.3) is 5.91 Å². The molecule has 5 rings (SSSR count). The van der Waals surface area contributed by atoms with Crippen molar-refractivity contribution in [1.82, 2.24) is 20.9 Å². The van der Waals surface area contributed by atoms with Crippen molar-refractivity contribution in [3.8, 4) is 0 Å². The van der Waals surface area contributed by atoms with E-state index < -0.39 is 0 Å². The van der Waals surface area contributed by atoms with Gasteiger partial charge in [-0.3, -0.25) is 9.78 Å². The van der Waals surface area contributed by atoms with E-state index in [1.807, 2.05) is 13.1 Å². The summed E-state index contributed by atoms with van der Waals surface area (Å²) in [7, 11) is 1.93. The van der Waals surface area contributed by atoms with E-state index in [2.05, 4.69) is 20.9 Å². The van der Waals surface area contributed by atoms with Crippen molar-refractivity contribution in [3.63, 3.8) is 0 Å². The summed E-state index contributed by atoms with van der Waals surface area (Å²) >= 11 is 6.28. The molecule has 1 aromatic rings. The lowest BCUT2D eigenvalue weighted by Gasteiger charge is -2.56. The second kappa shape index (κ2) is 10.6. The number of pyridine rings is 1. The Morgan fingerprint density at radius 3 is 2.34 bits per heavy atom. The predicted molar refractivity (Wildman–Crippen MR) is 122 cm³/mol. The van der Waals surface area contributed by atoms with E-state index in [0.717, 1.165) is 43.1 Å². The summed E-state index contributed by atoms with van der Waals surface area (Å²) in [5.41, 5.74) is 1.72. The number of rotatable bonds is 8. The zero-order valence-corrected chi connectivity index (χ0v) is 19.4. The van der Waals surface area contributed by atoms with Crippen LogP contribution in [0.3, 0.4) is 0 Å². The first-order valence-electron chi connectivity index (χ1n) is 10.3. The third-order valence-electron chi connectivity index (χ3n) is 6.80. The van der Waals surface area contributed by atoms with E-state index in [9.17, 15) is 4.79 Å². The number of nitrogens with one attached hydrogen (secondary N) is 3. The fraction of sp³-hybridized carbons (Fsp3) is 0.714. The molecule has 4 bridgehead atoms. The van der Waals surface area contributed by atoms with Crippen LogP contribution < -0.4 is 16.0 Å². The molecule has 1 aromatic heterocycles. The standard InChI is InChI=1S/C21H31ClN4O.2ClH/c1-23-2-3-24-11-17-7-18(19(22)12-25-17)20(27)26-13-21-8-14-4-15(9-21)6-16(5-14)10-21;;/h7,12,14-16,23-24H,2-6,8-11,13H2,1H3,(H,26,27);2*1H. The van der Waals surface area contributed by atoms with E-state index >= 15 is 0 Å². The highest BCUT2D eigenvalue weighted by molar-refractivity contribution is 6.33. The number of hydrogen-bond donors (Lipinski definition) is 3. The Labute approximate surface area is 191 Å². The van der Waals surface area contributed by atoms with Crippen LogP contribution >= 0.6 is 36.4 Å². The Morgan fingerprint density at radius 1 is 1.14 bits per heavy atom. The maximum atomic E-state index is 12.8. The minimum Gasteiger partial charge on any atom is -0.351 e. The molecule has 1 heterocycles. The lowest BCUT2D eigenvalue weighted by molar-refractivity contribution is -0.0503. The summed E-state index contributed by atoms with van der Waals surface area (Å²) in [6.07, 6.45) is 9.75. The number of likely N-dealkylation sites (N-methyl/N-ethyl adjacent to an activating group) is 1. The fourth-order valence-corrected chi connectivity index (χ4v) is 6.24. The number of amides is 1. The minimum atomic E-state index is -0.0605. The zero-order valence-electron chi connectivity index (χ0n) is 17.0. The normalized spacial score (nSPS) is 29.1. The Bertz CT molecular complexity index is 665. The molecule has 4 fully saturated rings. The van der Waals surface area contributed by atoms with Gasteiger partial charge in [-0.1, -0.05) is 11.6 Å². The van der Waals surface area contributed by atoms with Crippen molar-refractivity contribution < 1.29 is 4.79 Å². The van der Waals surface area contributed by atoms with Gasteiger partial charge in [0.05, 0.1) is 16.3 Å².